The van der Waals surface area contributed by atoms with Crippen LogP contribution in [0.4, 0.5) is 0 Å². The summed E-state index contributed by atoms with van der Waals surface area (Å²) in [4.78, 5) is 4.65. The van der Waals surface area contributed by atoms with Gasteiger partial charge in [-0.05, 0) is 23.1 Å². The predicted molar refractivity (Wildman–Crippen MR) is 50.0 cm³/mol. The van der Waals surface area contributed by atoms with E-state index in [1.807, 2.05) is 18.2 Å². The molecule has 2 heteroatoms. The molecule has 1 rings (SSSR count). The zero-order valence-electron chi connectivity index (χ0n) is 7.79. The minimum atomic E-state index is 0.147. The van der Waals surface area contributed by atoms with Crippen molar-refractivity contribution in [1.29, 1.82) is 0 Å². The molecule has 0 saturated carbocycles. The van der Waals surface area contributed by atoms with E-state index >= 15 is 0 Å². The fourth-order valence-electron chi connectivity index (χ4n) is 1.04. The molecule has 2 N–H and O–H groups in total. The molecule has 0 fully saturated rings. The van der Waals surface area contributed by atoms with E-state index in [2.05, 4.69) is 31.7 Å². The largest absolute Gasteiger partial charge is 0.412 e. The Balaban J connectivity index is 3.02. The SMILES string of the molecule is CC(C)(C)c1cccc(ON)c1. The van der Waals surface area contributed by atoms with Crippen LogP contribution < -0.4 is 10.7 Å². The minimum Gasteiger partial charge on any atom is -0.412 e. The second-order valence-corrected chi connectivity index (χ2v) is 3.90. The zero-order valence-corrected chi connectivity index (χ0v) is 7.79. The number of hydrogen-bond acceptors (Lipinski definition) is 2. The Bertz CT molecular complexity index is 263. The minimum absolute atomic E-state index is 0.147. The summed E-state index contributed by atoms with van der Waals surface area (Å²) in [5.41, 5.74) is 1.37. The van der Waals surface area contributed by atoms with E-state index in [1.165, 1.54) is 5.56 Å². The van der Waals surface area contributed by atoms with E-state index in [-0.39, 0.29) is 5.41 Å². The van der Waals surface area contributed by atoms with Crippen LogP contribution in [0.15, 0.2) is 24.3 Å². The van der Waals surface area contributed by atoms with E-state index in [1.54, 1.807) is 0 Å². The van der Waals surface area contributed by atoms with Gasteiger partial charge in [0.25, 0.3) is 0 Å². The van der Waals surface area contributed by atoms with Gasteiger partial charge in [0.2, 0.25) is 0 Å². The molecule has 0 spiro atoms. The summed E-state index contributed by atoms with van der Waals surface area (Å²) >= 11 is 0. The quantitative estimate of drug-likeness (QED) is 0.648. The van der Waals surface area contributed by atoms with Crippen molar-refractivity contribution in [2.75, 3.05) is 0 Å². The Hall–Kier alpha value is -1.02. The second-order valence-electron chi connectivity index (χ2n) is 3.90. The Morgan fingerprint density at radius 2 is 1.92 bits per heavy atom. The molecule has 0 aliphatic carbocycles. The Kier molecular flexibility index (Phi) is 2.38. The van der Waals surface area contributed by atoms with Crippen molar-refractivity contribution in [3.63, 3.8) is 0 Å². The molecular formula is C10H15NO. The molecule has 0 amide bonds. The average Bonchev–Trinajstić information content (AvgIpc) is 2.03. The maximum Gasteiger partial charge on any atom is 0.147 e. The van der Waals surface area contributed by atoms with Crippen LogP contribution in [0.5, 0.6) is 5.75 Å². The number of nitrogens with two attached hydrogens (primary N) is 1. The van der Waals surface area contributed by atoms with Crippen LogP contribution in [0.2, 0.25) is 0 Å². The van der Waals surface area contributed by atoms with Gasteiger partial charge in [-0.2, -0.15) is 5.90 Å². The molecule has 0 radical (unpaired) electrons. The van der Waals surface area contributed by atoms with Gasteiger partial charge >= 0.3 is 0 Å². The first-order valence-electron chi connectivity index (χ1n) is 4.01. The van der Waals surface area contributed by atoms with Crippen molar-refractivity contribution in [3.8, 4) is 5.75 Å². The molecule has 66 valence electrons. The van der Waals surface area contributed by atoms with Crippen LogP contribution >= 0.6 is 0 Å². The monoisotopic (exact) mass is 165 g/mol. The van der Waals surface area contributed by atoms with Crippen LogP contribution in [0.25, 0.3) is 0 Å². The third-order valence-electron chi connectivity index (χ3n) is 1.84. The number of benzene rings is 1. The van der Waals surface area contributed by atoms with Gasteiger partial charge < -0.3 is 4.84 Å². The van der Waals surface area contributed by atoms with E-state index < -0.39 is 0 Å². The van der Waals surface area contributed by atoms with Crippen LogP contribution in [0, 0.1) is 0 Å². The van der Waals surface area contributed by atoms with Crippen molar-refractivity contribution in [2.45, 2.75) is 26.2 Å². The van der Waals surface area contributed by atoms with Gasteiger partial charge in [0, 0.05) is 0 Å². The maximum absolute atomic E-state index is 5.06. The third kappa shape index (κ3) is 1.98. The molecule has 2 nitrogen and oxygen atoms in total. The number of hydrogen-bond donors (Lipinski definition) is 1. The Morgan fingerprint density at radius 1 is 1.25 bits per heavy atom. The molecule has 0 saturated heterocycles. The highest BCUT2D eigenvalue weighted by molar-refractivity contribution is 5.32. The van der Waals surface area contributed by atoms with Crippen molar-refractivity contribution in [3.05, 3.63) is 29.8 Å². The maximum atomic E-state index is 5.06. The van der Waals surface area contributed by atoms with Gasteiger partial charge in [-0.15, -0.1) is 0 Å². The van der Waals surface area contributed by atoms with E-state index in [0.717, 1.165) is 0 Å². The van der Waals surface area contributed by atoms with Crippen LogP contribution in [-0.2, 0) is 5.41 Å². The number of rotatable bonds is 1. The van der Waals surface area contributed by atoms with Gasteiger partial charge in [0.15, 0.2) is 0 Å². The van der Waals surface area contributed by atoms with Crippen LogP contribution in [0.1, 0.15) is 26.3 Å². The van der Waals surface area contributed by atoms with Crippen molar-refractivity contribution >= 4 is 0 Å². The predicted octanol–water partition coefficient (Wildman–Crippen LogP) is 2.24. The van der Waals surface area contributed by atoms with Gasteiger partial charge in [0.1, 0.15) is 5.75 Å². The summed E-state index contributed by atoms with van der Waals surface area (Å²) in [6.07, 6.45) is 0. The normalized spacial score (nSPS) is 11.3. The zero-order chi connectivity index (χ0) is 9.19. The second kappa shape index (κ2) is 3.15. The van der Waals surface area contributed by atoms with Crippen LogP contribution in [-0.4, -0.2) is 0 Å². The van der Waals surface area contributed by atoms with Gasteiger partial charge in [0.05, 0.1) is 0 Å². The molecule has 0 heterocycles. The fourth-order valence-corrected chi connectivity index (χ4v) is 1.04. The first kappa shape index (κ1) is 9.07. The van der Waals surface area contributed by atoms with Crippen molar-refractivity contribution in [2.24, 2.45) is 5.90 Å². The summed E-state index contributed by atoms with van der Waals surface area (Å²) in [5, 5.41) is 0. The average molecular weight is 165 g/mol. The summed E-state index contributed by atoms with van der Waals surface area (Å²) in [6.45, 7) is 6.47. The molecule has 0 aromatic heterocycles. The fraction of sp³-hybridized carbons (Fsp3) is 0.400. The molecule has 0 unspecified atom stereocenters. The highest BCUT2D eigenvalue weighted by atomic mass is 16.6. The van der Waals surface area contributed by atoms with Crippen molar-refractivity contribution in [1.82, 2.24) is 0 Å². The smallest absolute Gasteiger partial charge is 0.147 e. The summed E-state index contributed by atoms with van der Waals surface area (Å²) in [6, 6.07) is 7.82. The lowest BCUT2D eigenvalue weighted by atomic mass is 9.87. The molecule has 0 bridgehead atoms. The third-order valence-corrected chi connectivity index (χ3v) is 1.84. The van der Waals surface area contributed by atoms with Gasteiger partial charge in [-0.1, -0.05) is 32.9 Å². The molecular weight excluding hydrogens is 150 g/mol. The highest BCUT2D eigenvalue weighted by Crippen LogP contribution is 2.24. The van der Waals surface area contributed by atoms with Crippen molar-refractivity contribution < 1.29 is 4.84 Å². The lowest BCUT2D eigenvalue weighted by molar-refractivity contribution is 0.333. The summed E-state index contributed by atoms with van der Waals surface area (Å²) < 4.78 is 0. The molecule has 12 heavy (non-hydrogen) atoms. The standard InChI is InChI=1S/C10H15NO/c1-10(2,3)8-5-4-6-9(7-8)12-11/h4-7H,11H2,1-3H3. The molecule has 0 aliphatic heterocycles. The highest BCUT2D eigenvalue weighted by Gasteiger charge is 2.13. The van der Waals surface area contributed by atoms with Gasteiger partial charge in [-0.25, -0.2) is 0 Å². The summed E-state index contributed by atoms with van der Waals surface area (Å²) in [5.74, 6) is 5.77. The molecule has 1 aromatic rings. The van der Waals surface area contributed by atoms with Gasteiger partial charge in [-0.3, -0.25) is 0 Å². The van der Waals surface area contributed by atoms with E-state index in [9.17, 15) is 0 Å². The first-order valence-corrected chi connectivity index (χ1v) is 4.01. The molecule has 0 atom stereocenters. The lowest BCUT2D eigenvalue weighted by Gasteiger charge is -2.19. The van der Waals surface area contributed by atoms with E-state index in [4.69, 9.17) is 5.90 Å². The Labute approximate surface area is 73.3 Å². The lowest BCUT2D eigenvalue weighted by Crippen LogP contribution is -2.11. The molecule has 0 aliphatic rings. The topological polar surface area (TPSA) is 35.2 Å². The summed E-state index contributed by atoms with van der Waals surface area (Å²) in [7, 11) is 0. The van der Waals surface area contributed by atoms with E-state index in [0.29, 0.717) is 5.75 Å². The first-order chi connectivity index (χ1) is 5.54. The Morgan fingerprint density at radius 3 is 2.42 bits per heavy atom. The van der Waals surface area contributed by atoms with Crippen LogP contribution in [0.3, 0.4) is 0 Å². The molecule has 1 aromatic carbocycles.